The van der Waals surface area contributed by atoms with Crippen LogP contribution in [0.4, 0.5) is 0 Å². The van der Waals surface area contributed by atoms with Gasteiger partial charge in [-0.2, -0.15) is 0 Å². The minimum atomic E-state index is -0.256. The maximum Gasteiger partial charge on any atom is 0.256 e. The highest BCUT2D eigenvalue weighted by atomic mass is 16.5. The van der Waals surface area contributed by atoms with Crippen molar-refractivity contribution in [2.24, 2.45) is 5.92 Å². The highest BCUT2D eigenvalue weighted by Crippen LogP contribution is 2.40. The summed E-state index contributed by atoms with van der Waals surface area (Å²) in [6.45, 7) is 8.48. The third-order valence-electron chi connectivity index (χ3n) is 4.26. The predicted octanol–water partition coefficient (Wildman–Crippen LogP) is 3.56. The molecule has 0 aliphatic carbocycles. The number of hydrogen-bond donors (Lipinski definition) is 0. The topological polar surface area (TPSA) is 44.1 Å². The lowest BCUT2D eigenvalue weighted by atomic mass is 9.76. The Hall–Kier alpha value is -2.10. The van der Waals surface area contributed by atoms with E-state index >= 15 is 0 Å². The lowest BCUT2D eigenvalue weighted by Crippen LogP contribution is -2.34. The lowest BCUT2D eigenvalue weighted by molar-refractivity contribution is 0.0956. The van der Waals surface area contributed by atoms with E-state index in [4.69, 9.17) is 9.72 Å². The van der Waals surface area contributed by atoms with Crippen molar-refractivity contribution in [3.05, 3.63) is 35.7 Å². The van der Waals surface area contributed by atoms with Gasteiger partial charge in [0.1, 0.15) is 11.6 Å². The molecule has 0 radical (unpaired) electrons. The van der Waals surface area contributed by atoms with Gasteiger partial charge >= 0.3 is 0 Å². The summed E-state index contributed by atoms with van der Waals surface area (Å²) in [6, 6.07) is 5.63. The molecule has 2 aromatic rings. The van der Waals surface area contributed by atoms with E-state index in [1.165, 1.54) is 0 Å². The standard InChI is InChI=1S/C17H20N2O2/c1-10(2)12-9-15(20)19-14-7-6-11(21-5)8-13(14)18-16(19)17(12,3)4/h6-10H,1-5H3. The molecule has 0 saturated heterocycles. The van der Waals surface area contributed by atoms with E-state index in [2.05, 4.69) is 27.7 Å². The fraction of sp³-hybridized carbons (Fsp3) is 0.412. The maximum atomic E-state index is 12.5. The highest BCUT2D eigenvalue weighted by Gasteiger charge is 2.38. The molecule has 4 heteroatoms. The van der Waals surface area contributed by atoms with Gasteiger partial charge in [0.15, 0.2) is 0 Å². The van der Waals surface area contributed by atoms with Gasteiger partial charge in [0.25, 0.3) is 5.91 Å². The second kappa shape index (κ2) is 4.45. The van der Waals surface area contributed by atoms with Gasteiger partial charge in [-0.1, -0.05) is 13.8 Å². The van der Waals surface area contributed by atoms with E-state index in [0.29, 0.717) is 5.92 Å². The van der Waals surface area contributed by atoms with E-state index in [1.807, 2.05) is 18.2 Å². The van der Waals surface area contributed by atoms with Crippen LogP contribution >= 0.6 is 0 Å². The number of fused-ring (bicyclic) bond motifs is 3. The van der Waals surface area contributed by atoms with Crippen LogP contribution in [-0.2, 0) is 5.41 Å². The average Bonchev–Trinajstić information content (AvgIpc) is 2.82. The number of hydrogen-bond acceptors (Lipinski definition) is 3. The Kier molecular flexibility index (Phi) is 2.94. The molecule has 1 aromatic carbocycles. The van der Waals surface area contributed by atoms with Crippen LogP contribution in [0, 0.1) is 5.92 Å². The first-order valence-electron chi connectivity index (χ1n) is 7.19. The molecular formula is C17H20N2O2. The molecule has 1 aliphatic heterocycles. The van der Waals surface area contributed by atoms with Gasteiger partial charge in [0, 0.05) is 17.6 Å². The minimum absolute atomic E-state index is 0.0132. The third-order valence-corrected chi connectivity index (χ3v) is 4.26. The molecule has 0 N–H and O–H groups in total. The van der Waals surface area contributed by atoms with Gasteiger partial charge in [0.05, 0.1) is 18.1 Å². The van der Waals surface area contributed by atoms with Crippen LogP contribution in [0.3, 0.4) is 0 Å². The Morgan fingerprint density at radius 2 is 2.00 bits per heavy atom. The first-order chi connectivity index (χ1) is 9.86. The molecule has 1 aliphatic rings. The molecule has 0 amide bonds. The number of aromatic nitrogens is 2. The quantitative estimate of drug-likeness (QED) is 0.847. The van der Waals surface area contributed by atoms with Crippen molar-refractivity contribution in [2.45, 2.75) is 33.1 Å². The van der Waals surface area contributed by atoms with Crippen molar-refractivity contribution >= 4 is 16.9 Å². The van der Waals surface area contributed by atoms with Crippen LogP contribution < -0.4 is 4.74 Å². The Morgan fingerprint density at radius 3 is 2.62 bits per heavy atom. The summed E-state index contributed by atoms with van der Waals surface area (Å²) in [5.74, 6) is 1.86. The lowest BCUT2D eigenvalue weighted by Gasteiger charge is -2.33. The van der Waals surface area contributed by atoms with Crippen LogP contribution in [0.15, 0.2) is 29.8 Å². The predicted molar refractivity (Wildman–Crippen MR) is 82.9 cm³/mol. The number of carbonyl (C=O) groups excluding carboxylic acids is 1. The van der Waals surface area contributed by atoms with Gasteiger partial charge in [-0.15, -0.1) is 0 Å². The Balaban J connectivity index is 2.29. The minimum Gasteiger partial charge on any atom is -0.497 e. The zero-order valence-corrected chi connectivity index (χ0v) is 13.1. The molecule has 3 rings (SSSR count). The van der Waals surface area contributed by atoms with Gasteiger partial charge in [-0.05, 0) is 37.5 Å². The van der Waals surface area contributed by atoms with E-state index < -0.39 is 0 Å². The summed E-state index contributed by atoms with van der Waals surface area (Å²) in [5.41, 5.74) is 2.50. The monoisotopic (exact) mass is 284 g/mol. The number of benzene rings is 1. The smallest absolute Gasteiger partial charge is 0.256 e. The SMILES string of the molecule is COc1ccc2c(c1)nc1n2C(=O)C=C(C(C)C)C1(C)C. The van der Waals surface area contributed by atoms with Gasteiger partial charge < -0.3 is 4.74 Å². The normalized spacial score (nSPS) is 17.0. The van der Waals surface area contributed by atoms with E-state index in [-0.39, 0.29) is 11.3 Å². The molecule has 0 fully saturated rings. The summed E-state index contributed by atoms with van der Waals surface area (Å²) in [4.78, 5) is 17.3. The molecule has 0 saturated carbocycles. The van der Waals surface area contributed by atoms with Crippen molar-refractivity contribution in [1.82, 2.24) is 9.55 Å². The van der Waals surface area contributed by atoms with E-state index in [9.17, 15) is 4.79 Å². The van der Waals surface area contributed by atoms with E-state index in [0.717, 1.165) is 28.2 Å². The van der Waals surface area contributed by atoms with Crippen molar-refractivity contribution in [3.8, 4) is 5.75 Å². The van der Waals surface area contributed by atoms with Gasteiger partial charge in [-0.25, -0.2) is 4.98 Å². The van der Waals surface area contributed by atoms with Crippen molar-refractivity contribution in [3.63, 3.8) is 0 Å². The molecular weight excluding hydrogens is 264 g/mol. The van der Waals surface area contributed by atoms with Crippen molar-refractivity contribution in [2.75, 3.05) is 7.11 Å². The fourth-order valence-electron chi connectivity index (χ4n) is 3.22. The molecule has 110 valence electrons. The summed E-state index contributed by atoms with van der Waals surface area (Å²) in [5, 5.41) is 0. The van der Waals surface area contributed by atoms with Crippen LogP contribution in [-0.4, -0.2) is 22.6 Å². The molecule has 0 unspecified atom stereocenters. The maximum absolute atomic E-state index is 12.5. The number of methoxy groups -OCH3 is 1. The number of rotatable bonds is 2. The fourth-order valence-corrected chi connectivity index (χ4v) is 3.22. The summed E-state index contributed by atoms with van der Waals surface area (Å²) < 4.78 is 6.97. The summed E-state index contributed by atoms with van der Waals surface area (Å²) in [7, 11) is 1.63. The zero-order valence-electron chi connectivity index (χ0n) is 13.1. The number of nitrogens with zero attached hydrogens (tertiary/aromatic N) is 2. The molecule has 0 bridgehead atoms. The zero-order chi connectivity index (χ0) is 15.4. The molecule has 0 atom stereocenters. The molecule has 0 spiro atoms. The Morgan fingerprint density at radius 1 is 1.29 bits per heavy atom. The van der Waals surface area contributed by atoms with Gasteiger partial charge in [0.2, 0.25) is 0 Å². The van der Waals surface area contributed by atoms with Crippen LogP contribution in [0.2, 0.25) is 0 Å². The molecule has 4 nitrogen and oxygen atoms in total. The number of allylic oxidation sites excluding steroid dienone is 2. The summed E-state index contributed by atoms with van der Waals surface area (Å²) >= 11 is 0. The second-order valence-corrected chi connectivity index (χ2v) is 6.34. The number of imidazole rings is 1. The van der Waals surface area contributed by atoms with Crippen molar-refractivity contribution in [1.29, 1.82) is 0 Å². The second-order valence-electron chi connectivity index (χ2n) is 6.34. The van der Waals surface area contributed by atoms with Gasteiger partial charge in [-0.3, -0.25) is 9.36 Å². The largest absolute Gasteiger partial charge is 0.497 e. The number of ether oxygens (including phenoxy) is 1. The highest BCUT2D eigenvalue weighted by molar-refractivity contribution is 6.00. The van der Waals surface area contributed by atoms with Crippen LogP contribution in [0.1, 0.15) is 38.3 Å². The average molecular weight is 284 g/mol. The van der Waals surface area contributed by atoms with Crippen LogP contribution in [0.5, 0.6) is 5.75 Å². The molecule has 1 aromatic heterocycles. The van der Waals surface area contributed by atoms with Crippen molar-refractivity contribution < 1.29 is 9.53 Å². The molecule has 2 heterocycles. The molecule has 21 heavy (non-hydrogen) atoms. The third kappa shape index (κ3) is 1.89. The number of carbonyl (C=O) groups is 1. The first-order valence-corrected chi connectivity index (χ1v) is 7.19. The summed E-state index contributed by atoms with van der Waals surface area (Å²) in [6.07, 6.45) is 1.77. The Labute approximate surface area is 124 Å². The Bertz CT molecular complexity index is 766. The van der Waals surface area contributed by atoms with E-state index in [1.54, 1.807) is 17.8 Å². The first kappa shape index (κ1) is 13.9. The van der Waals surface area contributed by atoms with Crippen LogP contribution in [0.25, 0.3) is 11.0 Å².